The van der Waals surface area contributed by atoms with Crippen LogP contribution in [0.1, 0.15) is 28.9 Å². The molecule has 0 atom stereocenters. The number of rotatable bonds is 6. The number of carbonyl (C=O) groups excluding carboxylic acids is 1. The van der Waals surface area contributed by atoms with E-state index in [4.69, 9.17) is 4.42 Å². The Hall–Kier alpha value is -3.38. The molecule has 5 rings (SSSR count). The molecule has 32 heavy (non-hydrogen) atoms. The third-order valence-corrected chi connectivity index (χ3v) is 6.45. The van der Waals surface area contributed by atoms with E-state index in [-0.39, 0.29) is 11.5 Å². The van der Waals surface area contributed by atoms with Crippen LogP contribution >= 0.6 is 0 Å². The molecule has 0 unspecified atom stereocenters. The third-order valence-electron chi connectivity index (χ3n) is 6.45. The highest BCUT2D eigenvalue weighted by Crippen LogP contribution is 2.21. The van der Waals surface area contributed by atoms with Crippen molar-refractivity contribution in [2.75, 3.05) is 26.2 Å². The molecule has 0 radical (unpaired) electrons. The van der Waals surface area contributed by atoms with Gasteiger partial charge in [0.1, 0.15) is 11.1 Å². The zero-order valence-corrected chi connectivity index (χ0v) is 18.3. The number of fused-ring (bicyclic) bond motifs is 2. The van der Waals surface area contributed by atoms with Gasteiger partial charge in [-0.15, -0.1) is 0 Å². The van der Waals surface area contributed by atoms with Crippen molar-refractivity contribution in [3.05, 3.63) is 82.3 Å². The first-order valence-electron chi connectivity index (χ1n) is 11.2. The number of aromatic nitrogens is 1. The fourth-order valence-electron chi connectivity index (χ4n) is 4.60. The Morgan fingerprint density at radius 2 is 1.72 bits per heavy atom. The Kier molecular flexibility index (Phi) is 5.53. The summed E-state index contributed by atoms with van der Waals surface area (Å²) in [5, 5.41) is 1.89. The lowest BCUT2D eigenvalue weighted by Gasteiger charge is -2.25. The molecule has 164 valence electrons. The number of benzene rings is 2. The van der Waals surface area contributed by atoms with Gasteiger partial charge in [-0.2, -0.15) is 0 Å². The van der Waals surface area contributed by atoms with Crippen molar-refractivity contribution < 1.29 is 9.21 Å². The second-order valence-electron chi connectivity index (χ2n) is 8.51. The maximum absolute atomic E-state index is 13.6. The van der Waals surface area contributed by atoms with Gasteiger partial charge in [0, 0.05) is 36.7 Å². The first-order valence-corrected chi connectivity index (χ1v) is 11.2. The summed E-state index contributed by atoms with van der Waals surface area (Å²) in [6, 6.07) is 19.2. The molecule has 1 aliphatic heterocycles. The maximum atomic E-state index is 13.6. The number of hydrogen-bond donors (Lipinski definition) is 0. The molecule has 0 spiro atoms. The van der Waals surface area contributed by atoms with Gasteiger partial charge in [0.2, 0.25) is 0 Å². The van der Waals surface area contributed by atoms with Gasteiger partial charge < -0.3 is 18.8 Å². The molecule has 1 fully saturated rings. The van der Waals surface area contributed by atoms with Crippen LogP contribution in [-0.4, -0.2) is 46.5 Å². The Balaban J connectivity index is 1.48. The first kappa shape index (κ1) is 20.5. The molecule has 0 aliphatic carbocycles. The minimum atomic E-state index is -0.586. The van der Waals surface area contributed by atoms with Crippen molar-refractivity contribution in [3.63, 3.8) is 0 Å². The second kappa shape index (κ2) is 8.63. The molecule has 6 nitrogen and oxygen atoms in total. The van der Waals surface area contributed by atoms with Gasteiger partial charge >= 0.3 is 5.63 Å². The van der Waals surface area contributed by atoms with E-state index < -0.39 is 5.63 Å². The summed E-state index contributed by atoms with van der Waals surface area (Å²) in [5.74, 6) is -0.283. The van der Waals surface area contributed by atoms with Gasteiger partial charge in [-0.3, -0.25) is 4.79 Å². The minimum absolute atomic E-state index is 0.0869. The van der Waals surface area contributed by atoms with Crippen molar-refractivity contribution in [2.24, 2.45) is 7.05 Å². The smallest absolute Gasteiger partial charge is 0.349 e. The van der Waals surface area contributed by atoms with Crippen molar-refractivity contribution in [1.82, 2.24) is 14.4 Å². The molecule has 3 heterocycles. The van der Waals surface area contributed by atoms with Gasteiger partial charge in [0.25, 0.3) is 5.91 Å². The quantitative estimate of drug-likeness (QED) is 0.435. The predicted molar refractivity (Wildman–Crippen MR) is 126 cm³/mol. The van der Waals surface area contributed by atoms with Crippen LogP contribution < -0.4 is 5.63 Å². The maximum Gasteiger partial charge on any atom is 0.349 e. The van der Waals surface area contributed by atoms with Crippen molar-refractivity contribution in [1.29, 1.82) is 0 Å². The van der Waals surface area contributed by atoms with Gasteiger partial charge in [-0.05, 0) is 55.6 Å². The van der Waals surface area contributed by atoms with E-state index in [1.54, 1.807) is 17.0 Å². The monoisotopic (exact) mass is 429 g/mol. The molecule has 2 aromatic carbocycles. The van der Waals surface area contributed by atoms with Crippen LogP contribution in [0, 0.1) is 0 Å². The van der Waals surface area contributed by atoms with Crippen LogP contribution in [0.3, 0.4) is 0 Å². The van der Waals surface area contributed by atoms with Gasteiger partial charge in [0.15, 0.2) is 0 Å². The normalized spacial score (nSPS) is 14.4. The molecular weight excluding hydrogens is 402 g/mol. The van der Waals surface area contributed by atoms with Gasteiger partial charge in [-0.25, -0.2) is 4.79 Å². The highest BCUT2D eigenvalue weighted by atomic mass is 16.4. The number of hydrogen-bond acceptors (Lipinski definition) is 4. The average Bonchev–Trinajstić information content (AvgIpc) is 3.44. The number of carbonyl (C=O) groups is 1. The lowest BCUT2D eigenvalue weighted by atomic mass is 10.1. The zero-order valence-electron chi connectivity index (χ0n) is 18.3. The molecule has 1 saturated heterocycles. The highest BCUT2D eigenvalue weighted by Gasteiger charge is 2.23. The van der Waals surface area contributed by atoms with Crippen molar-refractivity contribution in [3.8, 4) is 0 Å². The first-order chi connectivity index (χ1) is 15.6. The molecule has 4 aromatic rings. The number of amides is 1. The number of para-hydroxylation sites is 2. The summed E-state index contributed by atoms with van der Waals surface area (Å²) in [5.41, 5.74) is 2.15. The number of aryl methyl sites for hydroxylation is 1. The van der Waals surface area contributed by atoms with E-state index in [9.17, 15) is 9.59 Å². The van der Waals surface area contributed by atoms with E-state index in [2.05, 4.69) is 27.7 Å². The summed E-state index contributed by atoms with van der Waals surface area (Å²) in [4.78, 5) is 30.4. The van der Waals surface area contributed by atoms with Crippen molar-refractivity contribution >= 4 is 27.8 Å². The van der Waals surface area contributed by atoms with Crippen LogP contribution in [-0.2, 0) is 13.6 Å². The SMILES string of the molecule is Cn1c(CN(CCN2CCCC2)C(=O)c2cc3ccccc3oc2=O)cc2ccccc21. The summed E-state index contributed by atoms with van der Waals surface area (Å²) in [7, 11) is 2.02. The third kappa shape index (κ3) is 3.94. The second-order valence-corrected chi connectivity index (χ2v) is 8.51. The van der Waals surface area contributed by atoms with E-state index in [1.165, 1.54) is 12.8 Å². The lowest BCUT2D eigenvalue weighted by Crippen LogP contribution is -2.39. The fourth-order valence-corrected chi connectivity index (χ4v) is 4.60. The summed E-state index contributed by atoms with van der Waals surface area (Å²) >= 11 is 0. The molecule has 0 saturated carbocycles. The summed E-state index contributed by atoms with van der Waals surface area (Å²) in [6.07, 6.45) is 2.40. The molecule has 1 amide bonds. The Morgan fingerprint density at radius 3 is 2.50 bits per heavy atom. The Bertz CT molecular complexity index is 1330. The van der Waals surface area contributed by atoms with E-state index >= 15 is 0 Å². The standard InChI is InChI=1S/C26H27N3O3/c1-27-21(16-19-8-2-4-10-23(19)27)18-29(15-14-28-12-6-7-13-28)25(30)22-17-20-9-3-5-11-24(20)32-26(22)31/h2-5,8-11,16-17H,6-7,12-15,18H2,1H3. The lowest BCUT2D eigenvalue weighted by molar-refractivity contribution is 0.0719. The number of likely N-dealkylation sites (tertiary alicyclic amines) is 1. The average molecular weight is 430 g/mol. The molecule has 0 N–H and O–H groups in total. The largest absolute Gasteiger partial charge is 0.422 e. The zero-order chi connectivity index (χ0) is 22.1. The fraction of sp³-hybridized carbons (Fsp3) is 0.308. The molecule has 1 aliphatic rings. The summed E-state index contributed by atoms with van der Waals surface area (Å²) < 4.78 is 7.56. The van der Waals surface area contributed by atoms with Crippen LogP contribution in [0.4, 0.5) is 0 Å². The molecular formula is C26H27N3O3. The minimum Gasteiger partial charge on any atom is -0.422 e. The number of nitrogens with zero attached hydrogens (tertiary/aromatic N) is 3. The van der Waals surface area contributed by atoms with Gasteiger partial charge in [-0.1, -0.05) is 36.4 Å². The molecule has 0 bridgehead atoms. The van der Waals surface area contributed by atoms with Crippen LogP contribution in [0.2, 0.25) is 0 Å². The van der Waals surface area contributed by atoms with E-state index in [0.29, 0.717) is 18.7 Å². The Labute approximate surface area is 186 Å². The van der Waals surface area contributed by atoms with Crippen LogP contribution in [0.15, 0.2) is 69.9 Å². The molecule has 2 aromatic heterocycles. The van der Waals surface area contributed by atoms with E-state index in [0.717, 1.165) is 41.6 Å². The van der Waals surface area contributed by atoms with Crippen molar-refractivity contribution in [2.45, 2.75) is 19.4 Å². The predicted octanol–water partition coefficient (Wildman–Crippen LogP) is 4.02. The van der Waals surface area contributed by atoms with Crippen LogP contribution in [0.25, 0.3) is 21.9 Å². The molecule has 6 heteroatoms. The Morgan fingerprint density at radius 1 is 1.00 bits per heavy atom. The summed E-state index contributed by atoms with van der Waals surface area (Å²) in [6.45, 7) is 3.92. The highest BCUT2D eigenvalue weighted by molar-refractivity contribution is 5.96. The van der Waals surface area contributed by atoms with Gasteiger partial charge in [0.05, 0.1) is 6.54 Å². The van der Waals surface area contributed by atoms with Crippen LogP contribution in [0.5, 0.6) is 0 Å². The van der Waals surface area contributed by atoms with E-state index in [1.807, 2.05) is 37.4 Å². The topological polar surface area (TPSA) is 58.7 Å².